The minimum atomic E-state index is -0.906. The topological polar surface area (TPSA) is 102 Å². The molecule has 0 bridgehead atoms. The molecule has 0 saturated carbocycles. The highest BCUT2D eigenvalue weighted by Crippen LogP contribution is 2.21. The molecule has 4 N–H and O–H groups in total. The van der Waals surface area contributed by atoms with E-state index in [0.717, 1.165) is 6.42 Å². The summed E-state index contributed by atoms with van der Waals surface area (Å²) in [6.07, 6.45) is 1.27. The molecule has 1 atom stereocenters. The molecule has 1 rings (SSSR count). The molecule has 0 aliphatic rings. The van der Waals surface area contributed by atoms with Crippen LogP contribution in [0.25, 0.3) is 0 Å². The van der Waals surface area contributed by atoms with Crippen LogP contribution in [0.1, 0.15) is 30.1 Å². The first kappa shape index (κ1) is 15.8. The lowest BCUT2D eigenvalue weighted by atomic mass is 10.0. The van der Waals surface area contributed by atoms with Gasteiger partial charge in [-0.15, -0.1) is 0 Å². The number of hydrogen-bond donors (Lipinski definition) is 3. The van der Waals surface area contributed by atoms with Gasteiger partial charge in [-0.25, -0.2) is 0 Å². The second-order valence-electron chi connectivity index (χ2n) is 4.49. The van der Waals surface area contributed by atoms with Gasteiger partial charge in [0, 0.05) is 18.3 Å². The second-order valence-corrected chi connectivity index (χ2v) is 4.49. The Balaban J connectivity index is 2.74. The monoisotopic (exact) mass is 280 g/mol. The number of carboxylic acid groups (broad SMARTS) is 1. The van der Waals surface area contributed by atoms with Gasteiger partial charge in [0.15, 0.2) is 0 Å². The predicted octanol–water partition coefficient (Wildman–Crippen LogP) is 1.51. The van der Waals surface area contributed by atoms with Crippen LogP contribution in [0.2, 0.25) is 0 Å². The van der Waals surface area contributed by atoms with Crippen LogP contribution in [0, 0.1) is 5.92 Å². The van der Waals surface area contributed by atoms with Crippen molar-refractivity contribution in [2.45, 2.75) is 19.8 Å². The zero-order chi connectivity index (χ0) is 15.1. The van der Waals surface area contributed by atoms with Gasteiger partial charge >= 0.3 is 5.97 Å². The third-order valence-electron chi connectivity index (χ3n) is 2.97. The van der Waals surface area contributed by atoms with Crippen LogP contribution in [0.15, 0.2) is 18.2 Å². The van der Waals surface area contributed by atoms with E-state index in [9.17, 15) is 9.59 Å². The molecule has 6 nitrogen and oxygen atoms in total. The highest BCUT2D eigenvalue weighted by Gasteiger charge is 2.19. The van der Waals surface area contributed by atoms with Gasteiger partial charge in [0.1, 0.15) is 5.75 Å². The number of carbonyl (C=O) groups excluding carboxylic acids is 1. The molecule has 0 aliphatic carbocycles. The van der Waals surface area contributed by atoms with Gasteiger partial charge in [-0.1, -0.05) is 13.3 Å². The van der Waals surface area contributed by atoms with Crippen molar-refractivity contribution in [2.75, 3.05) is 19.4 Å². The summed E-state index contributed by atoms with van der Waals surface area (Å²) in [7, 11) is 1.45. The van der Waals surface area contributed by atoms with Gasteiger partial charge in [0.25, 0.3) is 5.91 Å². The minimum Gasteiger partial charge on any atom is -0.496 e. The average molecular weight is 280 g/mol. The molecule has 6 heteroatoms. The van der Waals surface area contributed by atoms with E-state index < -0.39 is 11.9 Å². The van der Waals surface area contributed by atoms with Crippen LogP contribution in [-0.2, 0) is 4.79 Å². The van der Waals surface area contributed by atoms with Gasteiger partial charge in [-0.2, -0.15) is 0 Å². The molecule has 1 unspecified atom stereocenters. The zero-order valence-corrected chi connectivity index (χ0v) is 11.7. The number of nitrogen functional groups attached to an aromatic ring is 1. The molecular formula is C14H20N2O4. The summed E-state index contributed by atoms with van der Waals surface area (Å²) in [5, 5.41) is 11.7. The lowest BCUT2D eigenvalue weighted by Crippen LogP contribution is -2.33. The number of nitrogens with two attached hydrogens (primary N) is 1. The third kappa shape index (κ3) is 4.15. The van der Waals surface area contributed by atoms with Crippen molar-refractivity contribution in [1.29, 1.82) is 0 Å². The Bertz CT molecular complexity index is 488. The van der Waals surface area contributed by atoms with E-state index in [-0.39, 0.29) is 12.5 Å². The fourth-order valence-corrected chi connectivity index (χ4v) is 1.87. The summed E-state index contributed by atoms with van der Waals surface area (Å²) in [6.45, 7) is 2.00. The number of carbonyl (C=O) groups is 2. The summed E-state index contributed by atoms with van der Waals surface area (Å²) < 4.78 is 5.09. The Morgan fingerprint density at radius 1 is 1.45 bits per heavy atom. The first-order valence-electron chi connectivity index (χ1n) is 6.44. The summed E-state index contributed by atoms with van der Waals surface area (Å²) in [6, 6.07) is 4.70. The third-order valence-corrected chi connectivity index (χ3v) is 2.97. The van der Waals surface area contributed by atoms with Crippen LogP contribution in [0.3, 0.4) is 0 Å². The summed E-state index contributed by atoms with van der Waals surface area (Å²) in [5.41, 5.74) is 6.44. The summed E-state index contributed by atoms with van der Waals surface area (Å²) in [4.78, 5) is 23.1. The van der Waals surface area contributed by atoms with Crippen molar-refractivity contribution in [3.05, 3.63) is 23.8 Å². The predicted molar refractivity (Wildman–Crippen MR) is 75.8 cm³/mol. The number of aliphatic carboxylic acids is 1. The molecule has 0 radical (unpaired) electrons. The number of amides is 1. The quantitative estimate of drug-likeness (QED) is 0.657. The Kier molecular flexibility index (Phi) is 5.83. The fraction of sp³-hybridized carbons (Fsp3) is 0.429. The molecule has 20 heavy (non-hydrogen) atoms. The Labute approximate surface area is 117 Å². The smallest absolute Gasteiger partial charge is 0.308 e. The average Bonchev–Trinajstić information content (AvgIpc) is 2.42. The number of anilines is 1. The molecule has 0 heterocycles. The van der Waals surface area contributed by atoms with Crippen LogP contribution in [-0.4, -0.2) is 30.6 Å². The van der Waals surface area contributed by atoms with Gasteiger partial charge in [-0.3, -0.25) is 9.59 Å². The van der Waals surface area contributed by atoms with Crippen molar-refractivity contribution in [2.24, 2.45) is 5.92 Å². The molecule has 1 amide bonds. The van der Waals surface area contributed by atoms with Gasteiger partial charge < -0.3 is 20.9 Å². The molecule has 1 aromatic rings. The lowest BCUT2D eigenvalue weighted by molar-refractivity contribution is -0.141. The summed E-state index contributed by atoms with van der Waals surface area (Å²) >= 11 is 0. The fourth-order valence-electron chi connectivity index (χ4n) is 1.87. The Morgan fingerprint density at radius 2 is 2.15 bits per heavy atom. The van der Waals surface area contributed by atoms with Gasteiger partial charge in [-0.05, 0) is 18.6 Å². The van der Waals surface area contributed by atoms with E-state index >= 15 is 0 Å². The number of benzene rings is 1. The molecule has 1 aromatic carbocycles. The highest BCUT2D eigenvalue weighted by atomic mass is 16.5. The van der Waals surface area contributed by atoms with Crippen molar-refractivity contribution >= 4 is 17.6 Å². The lowest BCUT2D eigenvalue weighted by Gasteiger charge is -2.14. The Morgan fingerprint density at radius 3 is 2.70 bits per heavy atom. The molecule has 0 aliphatic heterocycles. The van der Waals surface area contributed by atoms with E-state index in [1.807, 2.05) is 6.92 Å². The SMILES string of the molecule is CCCC(CNC(=O)c1ccc(N)cc1OC)C(=O)O. The molecule has 0 fully saturated rings. The minimum absolute atomic E-state index is 0.0928. The number of rotatable bonds is 7. The molecule has 0 saturated heterocycles. The van der Waals surface area contributed by atoms with E-state index in [2.05, 4.69) is 5.32 Å². The number of hydrogen-bond acceptors (Lipinski definition) is 4. The van der Waals surface area contributed by atoms with Crippen molar-refractivity contribution < 1.29 is 19.4 Å². The van der Waals surface area contributed by atoms with E-state index in [0.29, 0.717) is 23.4 Å². The van der Waals surface area contributed by atoms with E-state index in [4.69, 9.17) is 15.6 Å². The first-order chi connectivity index (χ1) is 9.49. The van der Waals surface area contributed by atoms with Crippen molar-refractivity contribution in [1.82, 2.24) is 5.32 Å². The largest absolute Gasteiger partial charge is 0.496 e. The van der Waals surface area contributed by atoms with Crippen molar-refractivity contribution in [3.63, 3.8) is 0 Å². The maximum Gasteiger partial charge on any atom is 0.308 e. The number of carboxylic acids is 1. The second kappa shape index (κ2) is 7.37. The molecular weight excluding hydrogens is 260 g/mol. The van der Waals surface area contributed by atoms with Crippen LogP contribution >= 0.6 is 0 Å². The normalized spacial score (nSPS) is 11.7. The zero-order valence-electron chi connectivity index (χ0n) is 11.7. The van der Waals surface area contributed by atoms with Crippen LogP contribution in [0.4, 0.5) is 5.69 Å². The van der Waals surface area contributed by atoms with Crippen LogP contribution in [0.5, 0.6) is 5.75 Å². The number of ether oxygens (including phenoxy) is 1. The number of nitrogens with one attached hydrogen (secondary N) is 1. The van der Waals surface area contributed by atoms with Crippen molar-refractivity contribution in [3.8, 4) is 5.75 Å². The van der Waals surface area contributed by atoms with E-state index in [1.54, 1.807) is 18.2 Å². The first-order valence-corrected chi connectivity index (χ1v) is 6.44. The molecule has 110 valence electrons. The highest BCUT2D eigenvalue weighted by molar-refractivity contribution is 5.97. The maximum absolute atomic E-state index is 12.0. The Hall–Kier alpha value is -2.24. The van der Waals surface area contributed by atoms with Crippen LogP contribution < -0.4 is 15.8 Å². The standard InChI is InChI=1S/C14H20N2O4/c1-3-4-9(14(18)19)8-16-13(17)11-6-5-10(15)7-12(11)20-2/h5-7,9H,3-4,8,15H2,1-2H3,(H,16,17)(H,18,19). The molecule has 0 spiro atoms. The number of methoxy groups -OCH3 is 1. The van der Waals surface area contributed by atoms with Gasteiger partial charge in [0.05, 0.1) is 18.6 Å². The van der Waals surface area contributed by atoms with Gasteiger partial charge in [0.2, 0.25) is 0 Å². The molecule has 0 aromatic heterocycles. The maximum atomic E-state index is 12.0. The van der Waals surface area contributed by atoms with E-state index in [1.165, 1.54) is 7.11 Å². The summed E-state index contributed by atoms with van der Waals surface area (Å²) in [5.74, 6) is -1.49.